The van der Waals surface area contributed by atoms with E-state index in [9.17, 15) is 4.79 Å². The maximum atomic E-state index is 12.3. The zero-order valence-electron chi connectivity index (χ0n) is 11.1. The molecule has 1 aromatic heterocycles. The van der Waals surface area contributed by atoms with Crippen LogP contribution in [0.15, 0.2) is 22.8 Å². The molecule has 18 heavy (non-hydrogen) atoms. The molecule has 0 spiro atoms. The minimum absolute atomic E-state index is 0.0575. The Kier molecular flexibility index (Phi) is 3.76. The van der Waals surface area contributed by atoms with Gasteiger partial charge in [-0.2, -0.15) is 0 Å². The Morgan fingerprint density at radius 3 is 3.06 bits per heavy atom. The first kappa shape index (κ1) is 13.1. The quantitative estimate of drug-likeness (QED) is 0.865. The molecule has 4 heteroatoms. The average Bonchev–Trinajstić information content (AvgIpc) is 2.81. The van der Waals surface area contributed by atoms with E-state index in [2.05, 4.69) is 12.2 Å². The van der Waals surface area contributed by atoms with Crippen LogP contribution in [-0.2, 0) is 4.79 Å². The van der Waals surface area contributed by atoms with Crippen molar-refractivity contribution in [1.82, 2.24) is 5.32 Å². The van der Waals surface area contributed by atoms with Gasteiger partial charge in [-0.15, -0.1) is 0 Å². The van der Waals surface area contributed by atoms with Gasteiger partial charge >= 0.3 is 0 Å². The van der Waals surface area contributed by atoms with E-state index in [0.29, 0.717) is 5.92 Å². The Labute approximate surface area is 108 Å². The summed E-state index contributed by atoms with van der Waals surface area (Å²) in [5.41, 5.74) is 5.54. The molecule has 1 saturated carbocycles. The zero-order chi connectivity index (χ0) is 13.2. The second-order valence-corrected chi connectivity index (χ2v) is 5.57. The predicted molar refractivity (Wildman–Crippen MR) is 69.8 cm³/mol. The van der Waals surface area contributed by atoms with E-state index in [1.54, 1.807) is 6.26 Å². The van der Waals surface area contributed by atoms with Crippen LogP contribution in [0.4, 0.5) is 0 Å². The molecule has 3 N–H and O–H groups in total. The summed E-state index contributed by atoms with van der Waals surface area (Å²) in [5.74, 6) is 1.22. The fraction of sp³-hybridized carbons (Fsp3) is 0.643. The fourth-order valence-corrected chi connectivity index (χ4v) is 2.75. The lowest BCUT2D eigenvalue weighted by Crippen LogP contribution is -2.56. The van der Waals surface area contributed by atoms with Crippen molar-refractivity contribution in [2.24, 2.45) is 11.7 Å². The molecular formula is C14H22N2O2. The fourth-order valence-electron chi connectivity index (χ4n) is 2.75. The summed E-state index contributed by atoms with van der Waals surface area (Å²) in [6, 6.07) is 3.54. The lowest BCUT2D eigenvalue weighted by atomic mass is 9.76. The molecule has 100 valence electrons. The zero-order valence-corrected chi connectivity index (χ0v) is 11.1. The number of nitrogens with one attached hydrogen (secondary N) is 1. The predicted octanol–water partition coefficient (Wildman–Crippen LogP) is 2.36. The second kappa shape index (κ2) is 5.14. The van der Waals surface area contributed by atoms with Gasteiger partial charge in [0.25, 0.3) is 0 Å². The van der Waals surface area contributed by atoms with Gasteiger partial charge in [-0.05, 0) is 37.8 Å². The number of hydrogen-bond acceptors (Lipinski definition) is 3. The van der Waals surface area contributed by atoms with E-state index in [1.165, 1.54) is 6.42 Å². The highest BCUT2D eigenvalue weighted by Gasteiger charge is 2.38. The Morgan fingerprint density at radius 1 is 1.67 bits per heavy atom. The highest BCUT2D eigenvalue weighted by Crippen LogP contribution is 2.31. The molecule has 1 amide bonds. The molecule has 1 heterocycles. The molecule has 1 fully saturated rings. The van der Waals surface area contributed by atoms with Crippen molar-refractivity contribution >= 4 is 5.91 Å². The van der Waals surface area contributed by atoms with Crippen molar-refractivity contribution in [2.45, 2.75) is 51.1 Å². The Hall–Kier alpha value is -1.29. The number of hydrogen-bond donors (Lipinski definition) is 2. The van der Waals surface area contributed by atoms with Crippen molar-refractivity contribution in [3.05, 3.63) is 24.2 Å². The lowest BCUT2D eigenvalue weighted by Gasteiger charge is -2.36. The Morgan fingerprint density at radius 2 is 2.44 bits per heavy atom. The number of rotatable bonds is 3. The van der Waals surface area contributed by atoms with Crippen LogP contribution in [0, 0.1) is 5.92 Å². The topological polar surface area (TPSA) is 68.3 Å². The van der Waals surface area contributed by atoms with Crippen LogP contribution in [-0.4, -0.2) is 11.4 Å². The molecule has 1 aromatic rings. The van der Waals surface area contributed by atoms with Gasteiger partial charge in [-0.25, -0.2) is 0 Å². The summed E-state index contributed by atoms with van der Waals surface area (Å²) in [5, 5.41) is 2.96. The van der Waals surface area contributed by atoms with Gasteiger partial charge < -0.3 is 15.5 Å². The average molecular weight is 250 g/mol. The molecule has 0 bridgehead atoms. The van der Waals surface area contributed by atoms with Crippen LogP contribution < -0.4 is 11.1 Å². The highest BCUT2D eigenvalue weighted by atomic mass is 16.3. The normalized spacial score (nSPS) is 29.8. The van der Waals surface area contributed by atoms with Crippen LogP contribution in [0.1, 0.15) is 51.3 Å². The van der Waals surface area contributed by atoms with Crippen LogP contribution >= 0.6 is 0 Å². The van der Waals surface area contributed by atoms with Crippen LogP contribution in [0.5, 0.6) is 0 Å². The summed E-state index contributed by atoms with van der Waals surface area (Å²) < 4.78 is 5.28. The maximum absolute atomic E-state index is 12.3. The summed E-state index contributed by atoms with van der Waals surface area (Å²) in [4.78, 5) is 12.3. The van der Waals surface area contributed by atoms with E-state index in [-0.39, 0.29) is 11.9 Å². The molecule has 1 aliphatic carbocycles. The van der Waals surface area contributed by atoms with Crippen molar-refractivity contribution in [1.29, 1.82) is 0 Å². The van der Waals surface area contributed by atoms with Crippen molar-refractivity contribution < 1.29 is 9.21 Å². The van der Waals surface area contributed by atoms with E-state index >= 15 is 0 Å². The highest BCUT2D eigenvalue weighted by molar-refractivity contribution is 5.86. The third kappa shape index (κ3) is 2.75. The van der Waals surface area contributed by atoms with Crippen LogP contribution in [0.3, 0.4) is 0 Å². The SMILES string of the molecule is CC1CCCC(N)(C(=O)N[C@H](C)c2ccco2)C1. The minimum atomic E-state index is -0.710. The third-order valence-corrected chi connectivity index (χ3v) is 3.80. The summed E-state index contributed by atoms with van der Waals surface area (Å²) in [6.07, 6.45) is 5.34. The molecule has 0 aromatic carbocycles. The van der Waals surface area contributed by atoms with Gasteiger partial charge in [-0.1, -0.05) is 19.8 Å². The number of carbonyl (C=O) groups is 1. The first-order valence-electron chi connectivity index (χ1n) is 6.64. The Bertz CT molecular complexity index is 402. The number of carbonyl (C=O) groups excluding carboxylic acids is 1. The van der Waals surface area contributed by atoms with Crippen LogP contribution in [0.25, 0.3) is 0 Å². The van der Waals surface area contributed by atoms with Gasteiger partial charge in [0, 0.05) is 0 Å². The minimum Gasteiger partial charge on any atom is -0.467 e. The third-order valence-electron chi connectivity index (χ3n) is 3.80. The van der Waals surface area contributed by atoms with Crippen molar-refractivity contribution in [2.75, 3.05) is 0 Å². The van der Waals surface area contributed by atoms with Gasteiger partial charge in [0.1, 0.15) is 5.76 Å². The smallest absolute Gasteiger partial charge is 0.240 e. The molecule has 0 aliphatic heterocycles. The number of amides is 1. The molecular weight excluding hydrogens is 228 g/mol. The maximum Gasteiger partial charge on any atom is 0.240 e. The summed E-state index contributed by atoms with van der Waals surface area (Å²) in [7, 11) is 0. The van der Waals surface area contributed by atoms with E-state index in [0.717, 1.165) is 25.0 Å². The Balaban J connectivity index is 1.98. The van der Waals surface area contributed by atoms with Crippen molar-refractivity contribution in [3.8, 4) is 0 Å². The first-order chi connectivity index (χ1) is 8.51. The van der Waals surface area contributed by atoms with E-state index in [1.807, 2.05) is 19.1 Å². The molecule has 4 nitrogen and oxygen atoms in total. The van der Waals surface area contributed by atoms with Gasteiger partial charge in [0.2, 0.25) is 5.91 Å². The first-order valence-corrected chi connectivity index (χ1v) is 6.64. The van der Waals surface area contributed by atoms with Crippen LogP contribution in [0.2, 0.25) is 0 Å². The molecule has 2 rings (SSSR count). The lowest BCUT2D eigenvalue weighted by molar-refractivity contribution is -0.128. The molecule has 2 unspecified atom stereocenters. The van der Waals surface area contributed by atoms with E-state index in [4.69, 9.17) is 10.2 Å². The molecule has 3 atom stereocenters. The van der Waals surface area contributed by atoms with E-state index < -0.39 is 5.54 Å². The van der Waals surface area contributed by atoms with Gasteiger partial charge in [0.15, 0.2) is 0 Å². The summed E-state index contributed by atoms with van der Waals surface area (Å²) in [6.45, 7) is 4.07. The van der Waals surface area contributed by atoms with Gasteiger partial charge in [0.05, 0.1) is 17.8 Å². The van der Waals surface area contributed by atoms with Gasteiger partial charge in [-0.3, -0.25) is 4.79 Å². The number of furan rings is 1. The molecule has 0 radical (unpaired) electrons. The second-order valence-electron chi connectivity index (χ2n) is 5.57. The molecule has 0 saturated heterocycles. The molecule has 1 aliphatic rings. The monoisotopic (exact) mass is 250 g/mol. The largest absolute Gasteiger partial charge is 0.467 e. The standard InChI is InChI=1S/C14H22N2O2/c1-10-5-3-7-14(15,9-10)13(17)16-11(2)12-6-4-8-18-12/h4,6,8,10-11H,3,5,7,9,15H2,1-2H3,(H,16,17)/t10?,11-,14?/m1/s1. The summed E-state index contributed by atoms with van der Waals surface area (Å²) >= 11 is 0. The number of nitrogens with two attached hydrogens (primary N) is 1. The van der Waals surface area contributed by atoms with Crippen molar-refractivity contribution in [3.63, 3.8) is 0 Å².